The molecule has 0 unspecified atom stereocenters. The average Bonchev–Trinajstić information content (AvgIpc) is 2.75. The second-order valence-electron chi connectivity index (χ2n) is 6.78. The molecule has 0 aliphatic rings. The minimum atomic E-state index is -3.79. The molecule has 30 heavy (non-hydrogen) atoms. The SMILES string of the molecule is COc1ccc(CCCNC(=O)CN(c2ccccc2)S(=O)(=O)N(C)C)cc1OC. The smallest absolute Gasteiger partial charge is 0.304 e. The van der Waals surface area contributed by atoms with Crippen molar-refractivity contribution in [2.75, 3.05) is 45.7 Å². The van der Waals surface area contributed by atoms with Crippen LogP contribution in [0.15, 0.2) is 48.5 Å². The Hall–Kier alpha value is -2.78. The van der Waals surface area contributed by atoms with Gasteiger partial charge in [0.15, 0.2) is 11.5 Å². The molecule has 9 heteroatoms. The number of amides is 1. The maximum Gasteiger partial charge on any atom is 0.304 e. The van der Waals surface area contributed by atoms with E-state index < -0.39 is 10.2 Å². The van der Waals surface area contributed by atoms with Crippen LogP contribution >= 0.6 is 0 Å². The van der Waals surface area contributed by atoms with Gasteiger partial charge in [0.1, 0.15) is 6.54 Å². The number of rotatable bonds is 11. The maximum atomic E-state index is 12.6. The van der Waals surface area contributed by atoms with E-state index in [2.05, 4.69) is 5.32 Å². The third-order valence-electron chi connectivity index (χ3n) is 4.48. The van der Waals surface area contributed by atoms with Gasteiger partial charge in [-0.25, -0.2) is 4.31 Å². The zero-order valence-corrected chi connectivity index (χ0v) is 18.6. The number of carbonyl (C=O) groups is 1. The molecule has 0 atom stereocenters. The number of para-hydroxylation sites is 1. The fraction of sp³-hybridized carbons (Fsp3) is 0.381. The van der Waals surface area contributed by atoms with Gasteiger partial charge >= 0.3 is 10.2 Å². The standard InChI is InChI=1S/C21H29N3O5S/c1-23(2)30(26,27)24(18-10-6-5-7-11-18)16-21(25)22-14-8-9-17-12-13-19(28-3)20(15-17)29-4/h5-7,10-13,15H,8-9,14,16H2,1-4H3,(H,22,25). The van der Waals surface area contributed by atoms with Crippen LogP contribution in [0.1, 0.15) is 12.0 Å². The molecule has 0 aliphatic carbocycles. The van der Waals surface area contributed by atoms with E-state index in [4.69, 9.17) is 9.47 Å². The lowest BCUT2D eigenvalue weighted by Gasteiger charge is -2.26. The lowest BCUT2D eigenvalue weighted by Crippen LogP contribution is -2.46. The first-order valence-corrected chi connectivity index (χ1v) is 10.9. The second kappa shape index (κ2) is 10.8. The Morgan fingerprint density at radius 3 is 2.27 bits per heavy atom. The molecule has 164 valence electrons. The van der Waals surface area contributed by atoms with Crippen LogP contribution in [0.2, 0.25) is 0 Å². The van der Waals surface area contributed by atoms with Gasteiger partial charge in [-0.15, -0.1) is 0 Å². The molecule has 0 aromatic heterocycles. The van der Waals surface area contributed by atoms with Crippen LogP contribution in [0, 0.1) is 0 Å². The number of aryl methyl sites for hydroxylation is 1. The highest BCUT2D eigenvalue weighted by Gasteiger charge is 2.26. The third-order valence-corrected chi connectivity index (χ3v) is 6.30. The summed E-state index contributed by atoms with van der Waals surface area (Å²) in [6.07, 6.45) is 1.44. The van der Waals surface area contributed by atoms with Crippen molar-refractivity contribution in [2.24, 2.45) is 0 Å². The highest BCUT2D eigenvalue weighted by Crippen LogP contribution is 2.27. The van der Waals surface area contributed by atoms with E-state index in [-0.39, 0.29) is 12.5 Å². The van der Waals surface area contributed by atoms with Gasteiger partial charge in [-0.3, -0.25) is 4.79 Å². The van der Waals surface area contributed by atoms with Crippen molar-refractivity contribution < 1.29 is 22.7 Å². The fourth-order valence-corrected chi connectivity index (χ4v) is 3.90. The summed E-state index contributed by atoms with van der Waals surface area (Å²) in [5.41, 5.74) is 1.50. The van der Waals surface area contributed by atoms with E-state index in [1.54, 1.807) is 44.6 Å². The van der Waals surface area contributed by atoms with Gasteiger partial charge in [0.2, 0.25) is 5.91 Å². The van der Waals surface area contributed by atoms with E-state index in [0.29, 0.717) is 30.2 Å². The molecule has 0 radical (unpaired) electrons. The molecular formula is C21H29N3O5S. The summed E-state index contributed by atoms with van der Waals surface area (Å²) < 4.78 is 38.0. The summed E-state index contributed by atoms with van der Waals surface area (Å²) in [5, 5.41) is 2.80. The van der Waals surface area contributed by atoms with Gasteiger partial charge in [0.25, 0.3) is 0 Å². The number of nitrogens with one attached hydrogen (secondary N) is 1. The van der Waals surface area contributed by atoms with E-state index in [9.17, 15) is 13.2 Å². The van der Waals surface area contributed by atoms with Crippen LogP contribution in [-0.2, 0) is 21.4 Å². The molecule has 1 amide bonds. The summed E-state index contributed by atoms with van der Waals surface area (Å²) in [7, 11) is 2.25. The predicted molar refractivity (Wildman–Crippen MR) is 117 cm³/mol. The normalized spacial score (nSPS) is 11.2. The van der Waals surface area contributed by atoms with Gasteiger partial charge < -0.3 is 14.8 Å². The highest BCUT2D eigenvalue weighted by atomic mass is 32.2. The summed E-state index contributed by atoms with van der Waals surface area (Å²) >= 11 is 0. The largest absolute Gasteiger partial charge is 0.493 e. The average molecular weight is 436 g/mol. The molecule has 2 aromatic carbocycles. The molecule has 8 nitrogen and oxygen atoms in total. The Kier molecular flexibility index (Phi) is 8.49. The van der Waals surface area contributed by atoms with Crippen LogP contribution < -0.4 is 19.1 Å². The number of hydrogen-bond donors (Lipinski definition) is 1. The van der Waals surface area contributed by atoms with Crippen LogP contribution in [0.25, 0.3) is 0 Å². The Morgan fingerprint density at radius 2 is 1.67 bits per heavy atom. The molecule has 2 aromatic rings. The van der Waals surface area contributed by atoms with Crippen molar-refractivity contribution in [3.05, 3.63) is 54.1 Å². The Morgan fingerprint density at radius 1 is 1.00 bits per heavy atom. The lowest BCUT2D eigenvalue weighted by atomic mass is 10.1. The van der Waals surface area contributed by atoms with Gasteiger partial charge in [0.05, 0.1) is 19.9 Å². The van der Waals surface area contributed by atoms with E-state index >= 15 is 0 Å². The Labute approximate surface area is 178 Å². The van der Waals surface area contributed by atoms with Crippen molar-refractivity contribution in [3.8, 4) is 11.5 Å². The minimum absolute atomic E-state index is 0.291. The van der Waals surface area contributed by atoms with E-state index in [1.165, 1.54) is 14.1 Å². The molecule has 0 bridgehead atoms. The first-order chi connectivity index (χ1) is 14.3. The summed E-state index contributed by atoms with van der Waals surface area (Å²) in [5.74, 6) is 0.959. The maximum absolute atomic E-state index is 12.6. The summed E-state index contributed by atoms with van der Waals surface area (Å²) in [4.78, 5) is 12.4. The Bertz CT molecular complexity index is 933. The van der Waals surface area contributed by atoms with Crippen LogP contribution in [0.3, 0.4) is 0 Å². The second-order valence-corrected chi connectivity index (χ2v) is 8.84. The van der Waals surface area contributed by atoms with Gasteiger partial charge in [-0.05, 0) is 42.7 Å². The molecule has 1 N–H and O–H groups in total. The molecule has 0 spiro atoms. The number of hydrogen-bond acceptors (Lipinski definition) is 5. The number of carbonyl (C=O) groups excluding carboxylic acids is 1. The van der Waals surface area contributed by atoms with Gasteiger partial charge in [-0.1, -0.05) is 24.3 Å². The number of anilines is 1. The van der Waals surface area contributed by atoms with Crippen molar-refractivity contribution in [1.82, 2.24) is 9.62 Å². The zero-order valence-electron chi connectivity index (χ0n) is 17.8. The molecule has 0 saturated heterocycles. The quantitative estimate of drug-likeness (QED) is 0.546. The third kappa shape index (κ3) is 6.11. The molecule has 0 heterocycles. The van der Waals surface area contributed by atoms with Crippen LogP contribution in [0.5, 0.6) is 11.5 Å². The molecular weight excluding hydrogens is 406 g/mol. The van der Waals surface area contributed by atoms with Crippen molar-refractivity contribution in [3.63, 3.8) is 0 Å². The van der Waals surface area contributed by atoms with Crippen LogP contribution in [-0.4, -0.2) is 60.0 Å². The molecule has 0 aliphatic heterocycles. The minimum Gasteiger partial charge on any atom is -0.493 e. The molecule has 0 saturated carbocycles. The van der Waals surface area contributed by atoms with Gasteiger partial charge in [-0.2, -0.15) is 12.7 Å². The number of ether oxygens (including phenoxy) is 2. The van der Waals surface area contributed by atoms with Crippen molar-refractivity contribution in [1.29, 1.82) is 0 Å². The first-order valence-electron chi connectivity index (χ1n) is 9.52. The van der Waals surface area contributed by atoms with Gasteiger partial charge in [0, 0.05) is 20.6 Å². The van der Waals surface area contributed by atoms with Crippen molar-refractivity contribution in [2.45, 2.75) is 12.8 Å². The van der Waals surface area contributed by atoms with Crippen molar-refractivity contribution >= 4 is 21.8 Å². The number of methoxy groups -OCH3 is 2. The molecule has 2 rings (SSSR count). The van der Waals surface area contributed by atoms with E-state index in [1.807, 2.05) is 18.2 Å². The summed E-state index contributed by atoms with van der Waals surface area (Å²) in [6, 6.07) is 14.3. The first kappa shape index (κ1) is 23.5. The number of benzene rings is 2. The zero-order chi connectivity index (χ0) is 22.1. The summed E-state index contributed by atoms with van der Waals surface area (Å²) in [6.45, 7) is 0.138. The topological polar surface area (TPSA) is 88.2 Å². The number of nitrogens with zero attached hydrogens (tertiary/aromatic N) is 2. The van der Waals surface area contributed by atoms with E-state index in [0.717, 1.165) is 20.6 Å². The Balaban J connectivity index is 1.93. The van der Waals surface area contributed by atoms with Crippen LogP contribution in [0.4, 0.5) is 5.69 Å². The molecule has 0 fully saturated rings. The monoisotopic (exact) mass is 435 g/mol. The predicted octanol–water partition coefficient (Wildman–Crippen LogP) is 2.07. The fourth-order valence-electron chi connectivity index (χ4n) is 2.84. The highest BCUT2D eigenvalue weighted by molar-refractivity contribution is 7.90. The lowest BCUT2D eigenvalue weighted by molar-refractivity contribution is -0.119.